The minimum Gasteiger partial charge on any atom is -0.480 e. The molecule has 0 heterocycles. The van der Waals surface area contributed by atoms with E-state index >= 15 is 0 Å². The first-order chi connectivity index (χ1) is 7.90. The molecule has 0 aromatic carbocycles. The van der Waals surface area contributed by atoms with Gasteiger partial charge in [-0.2, -0.15) is 0 Å². The number of carboxylic acids is 1. The molecule has 0 bridgehead atoms. The summed E-state index contributed by atoms with van der Waals surface area (Å²) in [6.45, 7) is 8.19. The van der Waals surface area contributed by atoms with Gasteiger partial charge in [0.05, 0.1) is 5.25 Å². The van der Waals surface area contributed by atoms with Crippen molar-refractivity contribution in [3.8, 4) is 0 Å². The molecule has 0 saturated heterocycles. The van der Waals surface area contributed by atoms with E-state index < -0.39 is 11.2 Å². The molecule has 0 radical (unpaired) electrons. The van der Waals surface area contributed by atoms with Gasteiger partial charge in [0, 0.05) is 6.54 Å². The Morgan fingerprint density at radius 3 is 2.29 bits per heavy atom. The maximum Gasteiger partial charge on any atom is 0.316 e. The van der Waals surface area contributed by atoms with Crippen LogP contribution in [0.1, 0.15) is 40.5 Å². The Balaban J connectivity index is 4.16. The minimum atomic E-state index is -0.849. The summed E-state index contributed by atoms with van der Waals surface area (Å²) in [7, 11) is 0. The zero-order chi connectivity index (χ0) is 13.4. The van der Waals surface area contributed by atoms with Crippen LogP contribution in [0.4, 0.5) is 0 Å². The zero-order valence-electron chi connectivity index (χ0n) is 11.0. The Morgan fingerprint density at radius 2 is 1.88 bits per heavy atom. The Hall–Kier alpha value is -0.710. The van der Waals surface area contributed by atoms with E-state index in [1.807, 2.05) is 13.8 Å². The van der Waals surface area contributed by atoms with E-state index in [1.165, 1.54) is 11.8 Å². The summed E-state index contributed by atoms with van der Waals surface area (Å²) in [5.74, 6) is -0.906. The van der Waals surface area contributed by atoms with Crippen molar-refractivity contribution in [2.24, 2.45) is 5.92 Å². The van der Waals surface area contributed by atoms with Gasteiger partial charge in [-0.05, 0) is 19.3 Å². The van der Waals surface area contributed by atoms with Crippen molar-refractivity contribution in [3.63, 3.8) is 0 Å². The highest BCUT2D eigenvalue weighted by molar-refractivity contribution is 8.01. The zero-order valence-corrected chi connectivity index (χ0v) is 11.8. The second-order valence-corrected chi connectivity index (χ2v) is 5.91. The van der Waals surface area contributed by atoms with E-state index in [9.17, 15) is 9.59 Å². The Kier molecular flexibility index (Phi) is 8.04. The standard InChI is InChI=1S/C12H23NO3S/c1-5-6-7-13-11(14)9(4)17-10(8(2)3)12(15)16/h8-10H,5-7H2,1-4H3,(H,13,14)(H,15,16). The van der Waals surface area contributed by atoms with Crippen LogP contribution in [0.25, 0.3) is 0 Å². The van der Waals surface area contributed by atoms with E-state index in [4.69, 9.17) is 5.11 Å². The summed E-state index contributed by atoms with van der Waals surface area (Å²) in [5, 5.41) is 11.0. The highest BCUT2D eigenvalue weighted by atomic mass is 32.2. The Bertz CT molecular complexity index is 256. The quantitative estimate of drug-likeness (QED) is 0.657. The third-order valence-corrected chi connectivity index (χ3v) is 4.06. The number of hydrogen-bond donors (Lipinski definition) is 2. The van der Waals surface area contributed by atoms with Crippen LogP contribution in [-0.2, 0) is 9.59 Å². The van der Waals surface area contributed by atoms with Gasteiger partial charge in [-0.3, -0.25) is 9.59 Å². The number of hydrogen-bond acceptors (Lipinski definition) is 3. The number of carbonyl (C=O) groups excluding carboxylic acids is 1. The number of carboxylic acid groups (broad SMARTS) is 1. The molecule has 0 spiro atoms. The average Bonchev–Trinajstić information content (AvgIpc) is 2.24. The number of unbranched alkanes of at least 4 members (excludes halogenated alkanes) is 1. The second kappa shape index (κ2) is 8.39. The summed E-state index contributed by atoms with van der Waals surface area (Å²) in [6, 6.07) is 0. The third kappa shape index (κ3) is 6.56. The molecule has 0 saturated carbocycles. The molecule has 5 heteroatoms. The summed E-state index contributed by atoms with van der Waals surface area (Å²) < 4.78 is 0. The summed E-state index contributed by atoms with van der Waals surface area (Å²) in [4.78, 5) is 22.7. The van der Waals surface area contributed by atoms with E-state index in [0.29, 0.717) is 6.54 Å². The molecule has 2 N–H and O–H groups in total. The molecule has 0 aliphatic carbocycles. The van der Waals surface area contributed by atoms with E-state index in [-0.39, 0.29) is 17.1 Å². The number of rotatable bonds is 8. The van der Waals surface area contributed by atoms with E-state index in [2.05, 4.69) is 12.2 Å². The maximum atomic E-state index is 11.7. The van der Waals surface area contributed by atoms with Crippen LogP contribution in [0.3, 0.4) is 0 Å². The van der Waals surface area contributed by atoms with Crippen molar-refractivity contribution < 1.29 is 14.7 Å². The van der Waals surface area contributed by atoms with Crippen molar-refractivity contribution >= 4 is 23.6 Å². The molecular weight excluding hydrogens is 238 g/mol. The van der Waals surface area contributed by atoms with Crippen molar-refractivity contribution in [3.05, 3.63) is 0 Å². The SMILES string of the molecule is CCCCNC(=O)C(C)SC(C(=O)O)C(C)C. The van der Waals surface area contributed by atoms with Crippen molar-refractivity contribution in [2.45, 2.75) is 51.0 Å². The molecule has 0 fully saturated rings. The van der Waals surface area contributed by atoms with Crippen LogP contribution in [0.2, 0.25) is 0 Å². The molecule has 17 heavy (non-hydrogen) atoms. The van der Waals surface area contributed by atoms with Crippen molar-refractivity contribution in [2.75, 3.05) is 6.54 Å². The van der Waals surface area contributed by atoms with Gasteiger partial charge in [-0.1, -0.05) is 27.2 Å². The molecule has 100 valence electrons. The van der Waals surface area contributed by atoms with Crippen LogP contribution in [0.15, 0.2) is 0 Å². The number of nitrogens with one attached hydrogen (secondary N) is 1. The lowest BCUT2D eigenvalue weighted by atomic mass is 10.1. The lowest BCUT2D eigenvalue weighted by Gasteiger charge is -2.19. The topological polar surface area (TPSA) is 66.4 Å². The second-order valence-electron chi connectivity index (χ2n) is 4.43. The third-order valence-electron chi connectivity index (χ3n) is 2.40. The predicted octanol–water partition coefficient (Wildman–Crippen LogP) is 2.13. The smallest absolute Gasteiger partial charge is 0.316 e. The predicted molar refractivity (Wildman–Crippen MR) is 71.2 cm³/mol. The van der Waals surface area contributed by atoms with Crippen LogP contribution in [0, 0.1) is 5.92 Å². The van der Waals surface area contributed by atoms with Crippen molar-refractivity contribution in [1.82, 2.24) is 5.32 Å². The fourth-order valence-electron chi connectivity index (χ4n) is 1.31. The van der Waals surface area contributed by atoms with E-state index in [1.54, 1.807) is 6.92 Å². The summed E-state index contributed by atoms with van der Waals surface area (Å²) in [6.07, 6.45) is 1.99. The van der Waals surface area contributed by atoms with Gasteiger partial charge in [0.1, 0.15) is 5.25 Å². The van der Waals surface area contributed by atoms with Gasteiger partial charge >= 0.3 is 5.97 Å². The van der Waals surface area contributed by atoms with Crippen LogP contribution < -0.4 is 5.32 Å². The highest BCUT2D eigenvalue weighted by Crippen LogP contribution is 2.24. The fraction of sp³-hybridized carbons (Fsp3) is 0.833. The van der Waals surface area contributed by atoms with Gasteiger partial charge in [-0.15, -0.1) is 11.8 Å². The first-order valence-corrected chi connectivity index (χ1v) is 7.00. The van der Waals surface area contributed by atoms with Gasteiger partial charge in [0.15, 0.2) is 0 Å². The summed E-state index contributed by atoms with van der Waals surface area (Å²) >= 11 is 1.22. The monoisotopic (exact) mass is 261 g/mol. The minimum absolute atomic E-state index is 0.0170. The molecule has 0 aromatic heterocycles. The molecule has 0 aromatic rings. The number of thioether (sulfide) groups is 1. The molecule has 0 aliphatic heterocycles. The lowest BCUT2D eigenvalue weighted by molar-refractivity contribution is -0.137. The molecule has 1 amide bonds. The lowest BCUT2D eigenvalue weighted by Crippen LogP contribution is -2.35. The molecular formula is C12H23NO3S. The highest BCUT2D eigenvalue weighted by Gasteiger charge is 2.27. The number of aliphatic carboxylic acids is 1. The van der Waals surface area contributed by atoms with Gasteiger partial charge < -0.3 is 10.4 Å². The average molecular weight is 261 g/mol. The number of carbonyl (C=O) groups is 2. The van der Waals surface area contributed by atoms with Gasteiger partial charge in [0.2, 0.25) is 5.91 Å². The normalized spacial score (nSPS) is 14.4. The fourth-order valence-corrected chi connectivity index (χ4v) is 2.39. The van der Waals surface area contributed by atoms with Gasteiger partial charge in [-0.25, -0.2) is 0 Å². The largest absolute Gasteiger partial charge is 0.480 e. The Morgan fingerprint density at radius 1 is 1.29 bits per heavy atom. The maximum absolute atomic E-state index is 11.7. The molecule has 2 unspecified atom stereocenters. The number of amides is 1. The first-order valence-electron chi connectivity index (χ1n) is 6.06. The molecule has 4 nitrogen and oxygen atoms in total. The molecule has 0 rings (SSSR count). The van der Waals surface area contributed by atoms with Gasteiger partial charge in [0.25, 0.3) is 0 Å². The van der Waals surface area contributed by atoms with Crippen molar-refractivity contribution in [1.29, 1.82) is 0 Å². The Labute approximate surface area is 108 Å². The molecule has 0 aliphatic rings. The molecule has 2 atom stereocenters. The van der Waals surface area contributed by atoms with Crippen LogP contribution in [0.5, 0.6) is 0 Å². The summed E-state index contributed by atoms with van der Waals surface area (Å²) in [5.41, 5.74) is 0. The van der Waals surface area contributed by atoms with Crippen LogP contribution >= 0.6 is 11.8 Å². The first kappa shape index (κ1) is 16.3. The van der Waals surface area contributed by atoms with E-state index in [0.717, 1.165) is 12.8 Å². The van der Waals surface area contributed by atoms with Crippen LogP contribution in [-0.4, -0.2) is 34.0 Å².